The van der Waals surface area contributed by atoms with Crippen molar-refractivity contribution in [2.75, 3.05) is 5.75 Å². The first-order valence-corrected chi connectivity index (χ1v) is 6.27. The van der Waals surface area contributed by atoms with Gasteiger partial charge < -0.3 is 0 Å². The van der Waals surface area contributed by atoms with Gasteiger partial charge in [-0.3, -0.25) is 4.79 Å². The molecule has 1 rings (SSSR count). The number of ketones is 1. The highest BCUT2D eigenvalue weighted by molar-refractivity contribution is 9.12. The van der Waals surface area contributed by atoms with E-state index in [1.165, 1.54) is 25.2 Å². The van der Waals surface area contributed by atoms with Gasteiger partial charge in [0.05, 0.1) is 15.9 Å². The van der Waals surface area contributed by atoms with Crippen molar-refractivity contribution in [1.82, 2.24) is 0 Å². The van der Waals surface area contributed by atoms with E-state index in [2.05, 4.69) is 20.3 Å². The molecule has 0 aromatic carbocycles. The second-order valence-corrected chi connectivity index (χ2v) is 5.35. The largest absolute Gasteiger partial charge is 0.289 e. The summed E-state index contributed by atoms with van der Waals surface area (Å²) >= 11 is 3.01. The van der Waals surface area contributed by atoms with E-state index in [1.807, 2.05) is 0 Å². The van der Waals surface area contributed by atoms with Gasteiger partial charge in [0.15, 0.2) is 5.78 Å². The van der Waals surface area contributed by atoms with Crippen LogP contribution in [0.4, 0.5) is 0 Å². The van der Waals surface area contributed by atoms with Crippen molar-refractivity contribution >= 4 is 37.4 Å². The van der Waals surface area contributed by atoms with E-state index in [0.29, 0.717) is 4.48 Å². The van der Waals surface area contributed by atoms with E-state index < -0.39 is 10.0 Å². The van der Waals surface area contributed by atoms with Gasteiger partial charge in [-0.2, -0.15) is 4.40 Å². The minimum atomic E-state index is -3.40. The number of hydrogen-bond donors (Lipinski definition) is 0. The van der Waals surface area contributed by atoms with Gasteiger partial charge in [-0.15, -0.1) is 0 Å². The highest BCUT2D eigenvalue weighted by atomic mass is 79.9. The van der Waals surface area contributed by atoms with Gasteiger partial charge in [0.2, 0.25) is 0 Å². The Morgan fingerprint density at radius 1 is 1.43 bits per heavy atom. The fourth-order valence-electron chi connectivity index (χ4n) is 0.772. The molecular formula is C8H8BrNO3S. The first kappa shape index (κ1) is 11.3. The van der Waals surface area contributed by atoms with Crippen molar-refractivity contribution in [2.45, 2.75) is 6.92 Å². The molecule has 14 heavy (non-hydrogen) atoms. The summed E-state index contributed by atoms with van der Waals surface area (Å²) in [5.41, 5.74) is 0.262. The van der Waals surface area contributed by atoms with Gasteiger partial charge in [0.25, 0.3) is 10.0 Å². The highest BCUT2D eigenvalue weighted by Crippen LogP contribution is 2.13. The van der Waals surface area contributed by atoms with E-state index in [9.17, 15) is 13.2 Å². The average molecular weight is 278 g/mol. The van der Waals surface area contributed by atoms with Crippen LogP contribution in [0, 0.1) is 0 Å². The zero-order valence-corrected chi connectivity index (χ0v) is 9.80. The molecule has 1 aliphatic rings. The second kappa shape index (κ2) is 4.18. The quantitative estimate of drug-likeness (QED) is 0.713. The maximum atomic E-state index is 11.1. The average Bonchev–Trinajstić information content (AvgIpc) is 2.11. The molecule has 0 heterocycles. The van der Waals surface area contributed by atoms with Crippen LogP contribution in [-0.4, -0.2) is 25.7 Å². The Hall–Kier alpha value is -0.750. The van der Waals surface area contributed by atoms with Crippen molar-refractivity contribution in [3.8, 4) is 0 Å². The molecule has 0 aromatic heterocycles. The molecule has 76 valence electrons. The van der Waals surface area contributed by atoms with Crippen LogP contribution in [0.5, 0.6) is 0 Å². The fraction of sp³-hybridized carbons (Fsp3) is 0.250. The Morgan fingerprint density at radius 3 is 2.57 bits per heavy atom. The maximum Gasteiger partial charge on any atom is 0.253 e. The lowest BCUT2D eigenvalue weighted by Gasteiger charge is -2.01. The van der Waals surface area contributed by atoms with Gasteiger partial charge in [-0.25, -0.2) is 8.42 Å². The fourth-order valence-corrected chi connectivity index (χ4v) is 1.70. The van der Waals surface area contributed by atoms with Gasteiger partial charge in [0, 0.05) is 0 Å². The molecule has 0 radical (unpaired) electrons. The van der Waals surface area contributed by atoms with Gasteiger partial charge >= 0.3 is 0 Å². The smallest absolute Gasteiger partial charge is 0.253 e. The van der Waals surface area contributed by atoms with Crippen LogP contribution in [0.3, 0.4) is 0 Å². The molecule has 0 bridgehead atoms. The zero-order valence-electron chi connectivity index (χ0n) is 7.40. The van der Waals surface area contributed by atoms with Crippen molar-refractivity contribution in [3.05, 3.63) is 22.7 Å². The number of nitrogens with zero attached hydrogens (tertiary/aromatic N) is 1. The summed E-state index contributed by atoms with van der Waals surface area (Å²) in [5.74, 6) is -0.248. The van der Waals surface area contributed by atoms with Crippen molar-refractivity contribution in [1.29, 1.82) is 0 Å². The molecule has 0 spiro atoms. The van der Waals surface area contributed by atoms with Crippen LogP contribution in [0.15, 0.2) is 27.1 Å². The highest BCUT2D eigenvalue weighted by Gasteiger charge is 2.11. The molecule has 0 aromatic rings. The van der Waals surface area contributed by atoms with Crippen molar-refractivity contribution in [2.24, 2.45) is 4.40 Å². The first-order chi connectivity index (χ1) is 6.44. The zero-order chi connectivity index (χ0) is 10.8. The Bertz CT molecular complexity index is 445. The third kappa shape index (κ3) is 2.88. The van der Waals surface area contributed by atoms with Crippen molar-refractivity contribution < 1.29 is 13.2 Å². The van der Waals surface area contributed by atoms with Crippen LogP contribution in [-0.2, 0) is 14.8 Å². The lowest BCUT2D eigenvalue weighted by atomic mass is 10.2. The molecule has 0 N–H and O–H groups in total. The normalized spacial score (nSPS) is 20.0. The number of carbonyl (C=O) groups is 1. The Morgan fingerprint density at radius 2 is 2.07 bits per heavy atom. The minimum absolute atomic E-state index is 0.0518. The van der Waals surface area contributed by atoms with E-state index in [1.54, 1.807) is 0 Å². The standard InChI is InChI=1S/C8H8BrNO3S/c1-2-14(12,13)10-6-3-4-8(11)7(9)5-6/h3-5H,2H2,1H3/b10-6-. The summed E-state index contributed by atoms with van der Waals surface area (Å²) in [6, 6.07) is 0. The topological polar surface area (TPSA) is 63.6 Å². The molecule has 6 heteroatoms. The maximum absolute atomic E-state index is 11.1. The summed E-state index contributed by atoms with van der Waals surface area (Å²) in [6.07, 6.45) is 4.03. The second-order valence-electron chi connectivity index (χ2n) is 2.58. The minimum Gasteiger partial charge on any atom is -0.289 e. The Labute approximate surface area is 90.6 Å². The van der Waals surface area contributed by atoms with Crippen LogP contribution in [0.25, 0.3) is 0 Å². The summed E-state index contributed by atoms with van der Waals surface area (Å²) in [7, 11) is -3.40. The van der Waals surface area contributed by atoms with E-state index in [4.69, 9.17) is 0 Å². The molecule has 0 atom stereocenters. The Kier molecular flexibility index (Phi) is 3.38. The molecule has 0 fully saturated rings. The molecule has 0 amide bonds. The van der Waals surface area contributed by atoms with Crippen LogP contribution in [0.2, 0.25) is 0 Å². The molecule has 0 unspecified atom stereocenters. The van der Waals surface area contributed by atoms with E-state index in [-0.39, 0.29) is 17.2 Å². The van der Waals surface area contributed by atoms with Crippen LogP contribution < -0.4 is 0 Å². The van der Waals surface area contributed by atoms with Crippen LogP contribution in [0.1, 0.15) is 6.92 Å². The van der Waals surface area contributed by atoms with Crippen LogP contribution >= 0.6 is 15.9 Å². The molecule has 0 saturated carbocycles. The summed E-state index contributed by atoms with van der Waals surface area (Å²) in [6.45, 7) is 1.51. The number of allylic oxidation sites excluding steroid dienone is 4. The predicted octanol–water partition coefficient (Wildman–Crippen LogP) is 1.19. The first-order valence-electron chi connectivity index (χ1n) is 3.87. The van der Waals surface area contributed by atoms with Gasteiger partial charge in [0.1, 0.15) is 0 Å². The van der Waals surface area contributed by atoms with Gasteiger partial charge in [-0.05, 0) is 41.1 Å². The molecule has 1 aliphatic carbocycles. The number of sulfonamides is 1. The third-order valence-corrected chi connectivity index (χ3v) is 3.36. The van der Waals surface area contributed by atoms with E-state index >= 15 is 0 Å². The summed E-state index contributed by atoms with van der Waals surface area (Å²) < 4.78 is 26.0. The third-order valence-electron chi connectivity index (χ3n) is 1.52. The SMILES string of the molecule is CCS(=O)(=O)/N=C1/C=CC(=O)C(Br)=C1. The lowest BCUT2D eigenvalue weighted by molar-refractivity contribution is -0.110. The number of halogens is 1. The predicted molar refractivity (Wildman–Crippen MR) is 58.1 cm³/mol. The monoisotopic (exact) mass is 277 g/mol. The molecule has 0 aliphatic heterocycles. The Balaban J connectivity index is 3.04. The summed E-state index contributed by atoms with van der Waals surface area (Å²) in [4.78, 5) is 11.0. The lowest BCUT2D eigenvalue weighted by Crippen LogP contribution is -2.07. The summed E-state index contributed by atoms with van der Waals surface area (Å²) in [5, 5.41) is 0. The van der Waals surface area contributed by atoms with E-state index in [0.717, 1.165) is 0 Å². The number of hydrogen-bond acceptors (Lipinski definition) is 3. The van der Waals surface area contributed by atoms with Gasteiger partial charge in [-0.1, -0.05) is 0 Å². The van der Waals surface area contributed by atoms with Crippen molar-refractivity contribution in [3.63, 3.8) is 0 Å². The number of rotatable bonds is 2. The molecule has 0 saturated heterocycles. The molecule has 4 nitrogen and oxygen atoms in total. The molecular weight excluding hydrogens is 270 g/mol. The number of carbonyl (C=O) groups excluding carboxylic acids is 1.